The van der Waals surface area contributed by atoms with Gasteiger partial charge in [0.05, 0.1) is 0 Å². The molecule has 0 bridgehead atoms. The van der Waals surface area contributed by atoms with E-state index in [0.717, 1.165) is 11.1 Å². The zero-order chi connectivity index (χ0) is 10.7. The van der Waals surface area contributed by atoms with E-state index in [4.69, 9.17) is 0 Å². The monoisotopic (exact) mass is 218 g/mol. The number of thioether (sulfide) groups is 1. The van der Waals surface area contributed by atoms with Crippen molar-refractivity contribution in [2.75, 3.05) is 6.26 Å². The van der Waals surface area contributed by atoms with Crippen LogP contribution in [-0.2, 0) is 0 Å². The van der Waals surface area contributed by atoms with Crippen molar-refractivity contribution in [3.05, 3.63) is 47.1 Å². The molecule has 1 aromatic heterocycles. The third-order valence-electron chi connectivity index (χ3n) is 2.10. The number of rotatable bonds is 2. The van der Waals surface area contributed by atoms with Gasteiger partial charge in [-0.3, -0.25) is 0 Å². The molecular formula is C11H10N2OS. The minimum Gasteiger partial charge on any atom is -0.312 e. The van der Waals surface area contributed by atoms with Crippen LogP contribution in [0.1, 0.15) is 0 Å². The number of aromatic amines is 1. The fourth-order valence-electron chi connectivity index (χ4n) is 1.28. The van der Waals surface area contributed by atoms with Gasteiger partial charge >= 0.3 is 5.69 Å². The summed E-state index contributed by atoms with van der Waals surface area (Å²) in [6, 6.07) is 8.12. The molecule has 4 heteroatoms. The quantitative estimate of drug-likeness (QED) is 0.786. The lowest BCUT2D eigenvalue weighted by atomic mass is 10.1. The predicted octanol–water partition coefficient (Wildman–Crippen LogP) is 2.16. The molecule has 1 aromatic carbocycles. The Balaban J connectivity index is 2.37. The molecule has 1 heterocycles. The molecule has 2 rings (SSSR count). The van der Waals surface area contributed by atoms with Crippen molar-refractivity contribution < 1.29 is 0 Å². The van der Waals surface area contributed by atoms with Gasteiger partial charge in [0.1, 0.15) is 0 Å². The van der Waals surface area contributed by atoms with Crippen molar-refractivity contribution >= 4 is 11.8 Å². The number of benzene rings is 1. The third kappa shape index (κ3) is 2.27. The number of H-pyrrole nitrogens is 1. The summed E-state index contributed by atoms with van der Waals surface area (Å²) in [6.07, 6.45) is 5.28. The molecule has 0 saturated carbocycles. The molecule has 2 aromatic rings. The molecule has 0 aliphatic carbocycles. The smallest absolute Gasteiger partial charge is 0.312 e. The highest BCUT2D eigenvalue weighted by Gasteiger charge is 1.97. The largest absolute Gasteiger partial charge is 0.344 e. The maximum absolute atomic E-state index is 10.8. The van der Waals surface area contributed by atoms with Crippen LogP contribution in [0.3, 0.4) is 0 Å². The molecule has 76 valence electrons. The number of aromatic nitrogens is 2. The maximum Gasteiger partial charge on any atom is 0.344 e. The summed E-state index contributed by atoms with van der Waals surface area (Å²) in [7, 11) is 0. The van der Waals surface area contributed by atoms with Crippen LogP contribution in [0.15, 0.2) is 46.3 Å². The molecule has 1 N–H and O–H groups in total. The fraction of sp³-hybridized carbons (Fsp3) is 0.0909. The maximum atomic E-state index is 10.8. The Kier molecular flexibility index (Phi) is 2.87. The topological polar surface area (TPSA) is 45.8 Å². The van der Waals surface area contributed by atoms with E-state index in [1.807, 2.05) is 30.5 Å². The number of hydrogen-bond acceptors (Lipinski definition) is 3. The Bertz CT molecular complexity index is 484. The Morgan fingerprint density at radius 1 is 1.20 bits per heavy atom. The standard InChI is InChI=1S/C11H10N2OS/c1-15-10-4-2-8(3-5-10)9-6-12-11(14)13-7-9/h2-7H,1H3,(H,12,13,14). The molecule has 0 aliphatic heterocycles. The second kappa shape index (κ2) is 4.31. The Morgan fingerprint density at radius 3 is 2.47 bits per heavy atom. The number of nitrogens with zero attached hydrogens (tertiary/aromatic N) is 1. The van der Waals surface area contributed by atoms with Gasteiger partial charge in [-0.1, -0.05) is 12.1 Å². The fourth-order valence-corrected chi connectivity index (χ4v) is 1.69. The lowest BCUT2D eigenvalue weighted by Crippen LogP contribution is -2.07. The second-order valence-corrected chi connectivity index (χ2v) is 3.92. The van der Waals surface area contributed by atoms with Gasteiger partial charge in [-0.05, 0) is 24.0 Å². The van der Waals surface area contributed by atoms with Gasteiger partial charge < -0.3 is 4.98 Å². The van der Waals surface area contributed by atoms with E-state index in [-0.39, 0.29) is 5.69 Å². The van der Waals surface area contributed by atoms with Gasteiger partial charge in [-0.2, -0.15) is 0 Å². The van der Waals surface area contributed by atoms with E-state index in [9.17, 15) is 4.79 Å². The van der Waals surface area contributed by atoms with E-state index >= 15 is 0 Å². The highest BCUT2D eigenvalue weighted by molar-refractivity contribution is 7.98. The first-order valence-electron chi connectivity index (χ1n) is 4.49. The highest BCUT2D eigenvalue weighted by atomic mass is 32.2. The molecule has 0 radical (unpaired) electrons. The third-order valence-corrected chi connectivity index (χ3v) is 2.84. The summed E-state index contributed by atoms with van der Waals surface area (Å²) in [5, 5.41) is 0. The van der Waals surface area contributed by atoms with Crippen LogP contribution in [0.5, 0.6) is 0 Å². The molecule has 0 amide bonds. The Morgan fingerprint density at radius 2 is 1.93 bits per heavy atom. The van der Waals surface area contributed by atoms with Crippen LogP contribution in [0.25, 0.3) is 11.1 Å². The minimum atomic E-state index is -0.320. The summed E-state index contributed by atoms with van der Waals surface area (Å²) in [5.41, 5.74) is 1.65. The molecule has 15 heavy (non-hydrogen) atoms. The van der Waals surface area contributed by atoms with E-state index in [1.54, 1.807) is 24.2 Å². The molecular weight excluding hydrogens is 208 g/mol. The van der Waals surface area contributed by atoms with Gasteiger partial charge in [-0.15, -0.1) is 11.8 Å². The van der Waals surface area contributed by atoms with Crippen molar-refractivity contribution in [1.29, 1.82) is 0 Å². The van der Waals surface area contributed by atoms with Crippen LogP contribution in [0.4, 0.5) is 0 Å². The van der Waals surface area contributed by atoms with Crippen molar-refractivity contribution in [3.8, 4) is 11.1 Å². The SMILES string of the molecule is CSc1ccc(-c2cnc(=O)[nH]c2)cc1. The second-order valence-electron chi connectivity index (χ2n) is 3.04. The van der Waals surface area contributed by atoms with Crippen molar-refractivity contribution in [1.82, 2.24) is 9.97 Å². The van der Waals surface area contributed by atoms with Gasteiger partial charge in [-0.25, -0.2) is 9.78 Å². The van der Waals surface area contributed by atoms with E-state index in [2.05, 4.69) is 9.97 Å². The summed E-state index contributed by atoms with van der Waals surface area (Å²) in [5.74, 6) is 0. The predicted molar refractivity (Wildman–Crippen MR) is 62.1 cm³/mol. The summed E-state index contributed by atoms with van der Waals surface area (Å²) in [6.45, 7) is 0. The van der Waals surface area contributed by atoms with E-state index in [0.29, 0.717) is 0 Å². The molecule has 0 atom stereocenters. The number of hydrogen-bond donors (Lipinski definition) is 1. The number of nitrogens with one attached hydrogen (secondary N) is 1. The summed E-state index contributed by atoms with van der Waals surface area (Å²) in [4.78, 5) is 18.2. The minimum absolute atomic E-state index is 0.320. The van der Waals surface area contributed by atoms with Crippen molar-refractivity contribution in [3.63, 3.8) is 0 Å². The van der Waals surface area contributed by atoms with Gasteiger partial charge in [0.25, 0.3) is 0 Å². The van der Waals surface area contributed by atoms with Crippen LogP contribution < -0.4 is 5.69 Å². The first-order chi connectivity index (χ1) is 7.29. The van der Waals surface area contributed by atoms with Gasteiger partial charge in [0.2, 0.25) is 0 Å². The molecule has 0 fully saturated rings. The van der Waals surface area contributed by atoms with E-state index < -0.39 is 0 Å². The van der Waals surface area contributed by atoms with Crippen LogP contribution in [-0.4, -0.2) is 16.2 Å². The van der Waals surface area contributed by atoms with Crippen molar-refractivity contribution in [2.45, 2.75) is 4.90 Å². The Hall–Kier alpha value is -1.55. The average Bonchev–Trinajstić information content (AvgIpc) is 2.30. The van der Waals surface area contributed by atoms with Crippen LogP contribution in [0, 0.1) is 0 Å². The van der Waals surface area contributed by atoms with E-state index in [1.165, 1.54) is 4.90 Å². The van der Waals surface area contributed by atoms with Gasteiger partial charge in [0.15, 0.2) is 0 Å². The molecule has 0 aliphatic rings. The summed E-state index contributed by atoms with van der Waals surface area (Å²) >= 11 is 1.70. The van der Waals surface area contributed by atoms with Gasteiger partial charge in [0, 0.05) is 22.9 Å². The van der Waals surface area contributed by atoms with Crippen LogP contribution >= 0.6 is 11.8 Å². The molecule has 0 unspecified atom stereocenters. The molecule has 0 spiro atoms. The highest BCUT2D eigenvalue weighted by Crippen LogP contribution is 2.21. The average molecular weight is 218 g/mol. The zero-order valence-corrected chi connectivity index (χ0v) is 9.04. The lowest BCUT2D eigenvalue weighted by Gasteiger charge is -2.01. The zero-order valence-electron chi connectivity index (χ0n) is 8.23. The molecule has 3 nitrogen and oxygen atoms in total. The van der Waals surface area contributed by atoms with Crippen molar-refractivity contribution in [2.24, 2.45) is 0 Å². The summed E-state index contributed by atoms with van der Waals surface area (Å²) < 4.78 is 0. The van der Waals surface area contributed by atoms with Crippen LogP contribution in [0.2, 0.25) is 0 Å². The Labute approximate surface area is 91.6 Å². The first kappa shape index (κ1) is 9.98. The lowest BCUT2D eigenvalue weighted by molar-refractivity contribution is 1.08. The normalized spacial score (nSPS) is 10.2. The molecule has 0 saturated heterocycles. The first-order valence-corrected chi connectivity index (χ1v) is 5.71.